The van der Waals surface area contributed by atoms with Crippen LogP contribution < -0.4 is 10.2 Å². The quantitative estimate of drug-likeness (QED) is 0.717. The highest BCUT2D eigenvalue weighted by Crippen LogP contribution is 2.32. The maximum Gasteiger partial charge on any atom is 0.283 e. The first-order valence-electron chi connectivity index (χ1n) is 10.4. The third-order valence-electron chi connectivity index (χ3n) is 5.83. The van der Waals surface area contributed by atoms with Crippen molar-refractivity contribution in [2.24, 2.45) is 0 Å². The normalized spacial score (nSPS) is 19.3. The standard InChI is InChI=1S/C24H24ClN3O3/c1-15-8-3-4-12-19(15)28-23(30)20(25)21(24(28)31)26-18-11-7-10-17(14-18)22(29)27-13-6-5-9-16(27)2/h3-4,7-8,10-12,14,16,26H,5-6,9,13H2,1-2H3. The highest BCUT2D eigenvalue weighted by molar-refractivity contribution is 6.53. The van der Waals surface area contributed by atoms with Crippen LogP contribution in [0.15, 0.2) is 59.3 Å². The van der Waals surface area contributed by atoms with Crippen molar-refractivity contribution in [3.8, 4) is 0 Å². The molecule has 6 nitrogen and oxygen atoms in total. The van der Waals surface area contributed by atoms with Gasteiger partial charge in [0.15, 0.2) is 0 Å². The molecule has 31 heavy (non-hydrogen) atoms. The summed E-state index contributed by atoms with van der Waals surface area (Å²) in [5.41, 5.74) is 2.35. The monoisotopic (exact) mass is 437 g/mol. The van der Waals surface area contributed by atoms with Crippen molar-refractivity contribution in [3.05, 3.63) is 70.4 Å². The molecule has 2 aliphatic heterocycles. The molecule has 2 aromatic rings. The van der Waals surface area contributed by atoms with Gasteiger partial charge in [-0.2, -0.15) is 0 Å². The molecule has 2 aliphatic rings. The van der Waals surface area contributed by atoms with Gasteiger partial charge in [-0.05, 0) is 62.9 Å². The first-order valence-corrected chi connectivity index (χ1v) is 10.8. The highest BCUT2D eigenvalue weighted by atomic mass is 35.5. The van der Waals surface area contributed by atoms with E-state index >= 15 is 0 Å². The van der Waals surface area contributed by atoms with Gasteiger partial charge in [-0.1, -0.05) is 35.9 Å². The largest absolute Gasteiger partial charge is 0.350 e. The number of piperidine rings is 1. The third-order valence-corrected chi connectivity index (χ3v) is 6.18. The van der Waals surface area contributed by atoms with E-state index in [-0.39, 0.29) is 22.7 Å². The van der Waals surface area contributed by atoms with Crippen molar-refractivity contribution in [2.45, 2.75) is 39.2 Å². The van der Waals surface area contributed by atoms with E-state index in [0.29, 0.717) is 16.9 Å². The lowest BCUT2D eigenvalue weighted by atomic mass is 10.0. The average molecular weight is 438 g/mol. The number of nitrogens with zero attached hydrogens (tertiary/aromatic N) is 2. The van der Waals surface area contributed by atoms with Gasteiger partial charge in [0, 0.05) is 23.8 Å². The van der Waals surface area contributed by atoms with Crippen molar-refractivity contribution in [2.75, 3.05) is 16.8 Å². The summed E-state index contributed by atoms with van der Waals surface area (Å²) in [4.78, 5) is 41.7. The fraction of sp³-hybridized carbons (Fsp3) is 0.292. The van der Waals surface area contributed by atoms with E-state index in [2.05, 4.69) is 12.2 Å². The van der Waals surface area contributed by atoms with Crippen molar-refractivity contribution >= 4 is 40.7 Å². The Morgan fingerprint density at radius 2 is 1.84 bits per heavy atom. The molecule has 7 heteroatoms. The van der Waals surface area contributed by atoms with E-state index in [9.17, 15) is 14.4 Å². The number of imide groups is 1. The predicted octanol–water partition coefficient (Wildman–Crippen LogP) is 4.45. The molecule has 160 valence electrons. The van der Waals surface area contributed by atoms with Gasteiger partial charge in [0.1, 0.15) is 10.7 Å². The maximum atomic E-state index is 13.0. The van der Waals surface area contributed by atoms with Gasteiger partial charge in [-0.25, -0.2) is 4.90 Å². The predicted molar refractivity (Wildman–Crippen MR) is 121 cm³/mol. The van der Waals surface area contributed by atoms with E-state index in [1.54, 1.807) is 36.4 Å². The molecular weight excluding hydrogens is 414 g/mol. The Labute approximate surface area is 186 Å². The second kappa shape index (κ2) is 8.55. The lowest BCUT2D eigenvalue weighted by Gasteiger charge is -2.33. The lowest BCUT2D eigenvalue weighted by Crippen LogP contribution is -2.42. The second-order valence-corrected chi connectivity index (χ2v) is 8.35. The van der Waals surface area contributed by atoms with E-state index in [0.717, 1.165) is 36.3 Å². The summed E-state index contributed by atoms with van der Waals surface area (Å²) in [5, 5.41) is 2.79. The number of carbonyl (C=O) groups excluding carboxylic acids is 3. The Morgan fingerprint density at radius 1 is 1.06 bits per heavy atom. The zero-order valence-corrected chi connectivity index (χ0v) is 18.3. The van der Waals surface area contributed by atoms with Gasteiger partial charge in [0.05, 0.1) is 5.69 Å². The molecule has 0 saturated carbocycles. The molecule has 0 spiro atoms. The van der Waals surface area contributed by atoms with E-state index in [4.69, 9.17) is 11.6 Å². The molecule has 0 radical (unpaired) electrons. The van der Waals surface area contributed by atoms with Gasteiger partial charge in [-0.15, -0.1) is 0 Å². The van der Waals surface area contributed by atoms with Crippen LogP contribution in [0.1, 0.15) is 42.1 Å². The Balaban J connectivity index is 1.57. The molecule has 0 aromatic heterocycles. The Hall–Kier alpha value is -3.12. The first kappa shape index (κ1) is 21.1. The fourth-order valence-corrected chi connectivity index (χ4v) is 4.30. The van der Waals surface area contributed by atoms with Crippen LogP contribution in [0.3, 0.4) is 0 Å². The van der Waals surface area contributed by atoms with Crippen molar-refractivity contribution < 1.29 is 14.4 Å². The van der Waals surface area contributed by atoms with Crippen molar-refractivity contribution in [1.82, 2.24) is 4.90 Å². The van der Waals surface area contributed by atoms with Crippen LogP contribution in [-0.2, 0) is 9.59 Å². The lowest BCUT2D eigenvalue weighted by molar-refractivity contribution is -0.120. The Kier molecular flexibility index (Phi) is 5.83. The number of hydrogen-bond donors (Lipinski definition) is 1. The van der Waals surface area contributed by atoms with Gasteiger partial charge in [0.2, 0.25) is 0 Å². The molecular formula is C24H24ClN3O3. The fourth-order valence-electron chi connectivity index (χ4n) is 4.08. The van der Waals surface area contributed by atoms with E-state index in [1.165, 1.54) is 0 Å². The molecule has 2 heterocycles. The number of benzene rings is 2. The summed E-state index contributed by atoms with van der Waals surface area (Å²) >= 11 is 6.24. The number of amides is 3. The number of para-hydroxylation sites is 1. The first-order chi connectivity index (χ1) is 14.9. The van der Waals surface area contributed by atoms with E-state index < -0.39 is 11.8 Å². The van der Waals surface area contributed by atoms with Crippen LogP contribution in [0.25, 0.3) is 0 Å². The van der Waals surface area contributed by atoms with Crippen LogP contribution in [0.4, 0.5) is 11.4 Å². The van der Waals surface area contributed by atoms with Crippen LogP contribution in [0, 0.1) is 6.92 Å². The van der Waals surface area contributed by atoms with Crippen molar-refractivity contribution in [3.63, 3.8) is 0 Å². The molecule has 3 amide bonds. The summed E-state index contributed by atoms with van der Waals surface area (Å²) in [5.74, 6) is -1.13. The molecule has 1 atom stereocenters. The summed E-state index contributed by atoms with van der Waals surface area (Å²) < 4.78 is 0. The molecule has 1 fully saturated rings. The third kappa shape index (κ3) is 3.95. The number of nitrogens with one attached hydrogen (secondary N) is 1. The molecule has 4 rings (SSSR count). The van der Waals surface area contributed by atoms with Crippen LogP contribution in [0.5, 0.6) is 0 Å². The summed E-state index contributed by atoms with van der Waals surface area (Å²) in [6, 6.07) is 14.3. The van der Waals surface area contributed by atoms with Crippen LogP contribution in [-0.4, -0.2) is 35.2 Å². The number of rotatable bonds is 4. The number of likely N-dealkylation sites (tertiary alicyclic amines) is 1. The minimum Gasteiger partial charge on any atom is -0.350 e. The number of hydrogen-bond acceptors (Lipinski definition) is 4. The number of carbonyl (C=O) groups is 3. The zero-order chi connectivity index (χ0) is 22.1. The molecule has 0 aliphatic carbocycles. The second-order valence-electron chi connectivity index (χ2n) is 7.97. The average Bonchev–Trinajstić information content (AvgIpc) is 2.97. The number of halogens is 1. The van der Waals surface area contributed by atoms with E-state index in [1.807, 2.05) is 24.0 Å². The minimum atomic E-state index is -0.571. The summed E-state index contributed by atoms with van der Waals surface area (Å²) in [6.45, 7) is 4.63. The summed E-state index contributed by atoms with van der Waals surface area (Å²) in [7, 11) is 0. The Morgan fingerprint density at radius 3 is 2.58 bits per heavy atom. The Bertz CT molecular complexity index is 1090. The van der Waals surface area contributed by atoms with Gasteiger partial charge < -0.3 is 10.2 Å². The molecule has 0 bridgehead atoms. The van der Waals surface area contributed by atoms with Crippen molar-refractivity contribution in [1.29, 1.82) is 0 Å². The topological polar surface area (TPSA) is 69.7 Å². The smallest absolute Gasteiger partial charge is 0.283 e. The number of anilines is 2. The maximum absolute atomic E-state index is 13.0. The molecule has 2 aromatic carbocycles. The summed E-state index contributed by atoms with van der Waals surface area (Å²) in [6.07, 6.45) is 3.13. The molecule has 1 unspecified atom stereocenters. The van der Waals surface area contributed by atoms with Gasteiger partial charge in [-0.3, -0.25) is 14.4 Å². The van der Waals surface area contributed by atoms with Gasteiger partial charge >= 0.3 is 0 Å². The van der Waals surface area contributed by atoms with Crippen LogP contribution in [0.2, 0.25) is 0 Å². The van der Waals surface area contributed by atoms with Crippen LogP contribution >= 0.6 is 11.6 Å². The zero-order valence-electron chi connectivity index (χ0n) is 17.5. The minimum absolute atomic E-state index is 0.00543. The SMILES string of the molecule is Cc1ccccc1N1C(=O)C(Cl)=C(Nc2cccc(C(=O)N3CCCCC3C)c2)C1=O. The molecule has 1 N–H and O–H groups in total. The molecule has 1 saturated heterocycles. The highest BCUT2D eigenvalue weighted by Gasteiger charge is 2.39. The number of aryl methyl sites for hydroxylation is 1. The van der Waals surface area contributed by atoms with Gasteiger partial charge in [0.25, 0.3) is 17.7 Å².